The van der Waals surface area contributed by atoms with Crippen molar-refractivity contribution in [1.29, 1.82) is 0 Å². The van der Waals surface area contributed by atoms with Crippen LogP contribution in [0.3, 0.4) is 0 Å². The van der Waals surface area contributed by atoms with Crippen molar-refractivity contribution in [1.82, 2.24) is 19.7 Å². The van der Waals surface area contributed by atoms with Gasteiger partial charge in [-0.1, -0.05) is 78.5 Å². The molecule has 0 radical (unpaired) electrons. The van der Waals surface area contributed by atoms with Gasteiger partial charge in [0.2, 0.25) is 11.8 Å². The maximum atomic E-state index is 12.8. The number of thioether (sulfide) groups is 1. The van der Waals surface area contributed by atoms with Crippen molar-refractivity contribution in [2.45, 2.75) is 19.0 Å². The number of aryl methyl sites for hydroxylation is 2. The van der Waals surface area contributed by atoms with E-state index >= 15 is 0 Å². The van der Waals surface area contributed by atoms with Gasteiger partial charge in [0.05, 0.1) is 12.3 Å². The Balaban J connectivity index is 1.45. The summed E-state index contributed by atoms with van der Waals surface area (Å²) in [5.41, 5.74) is 4.60. The monoisotopic (exact) mass is 485 g/mol. The van der Waals surface area contributed by atoms with Gasteiger partial charge in [-0.25, -0.2) is 0 Å². The fourth-order valence-corrected chi connectivity index (χ4v) is 4.57. The number of benzene rings is 3. The number of carbonyl (C=O) groups excluding carboxylic acids is 2. The van der Waals surface area contributed by atoms with Crippen LogP contribution in [-0.2, 0) is 9.59 Å². The Kier molecular flexibility index (Phi) is 7.62. The standard InChI is InChI=1S/C27H27N5O2S/c1-19-11-10-12-20(2)25(19)28-23(33)17-31(3)24(34)18-35-27-30-29-26(21-13-6-4-7-14-21)32(27)22-15-8-5-9-16-22/h4-16H,17-18H2,1-3H3,(H,28,33). The fourth-order valence-electron chi connectivity index (χ4n) is 3.68. The Morgan fingerprint density at radius 2 is 1.51 bits per heavy atom. The number of likely N-dealkylation sites (N-methyl/N-ethyl adjacent to an activating group) is 1. The SMILES string of the molecule is Cc1cccc(C)c1NC(=O)CN(C)C(=O)CSc1nnc(-c2ccccc2)n1-c1ccccc1. The van der Waals surface area contributed by atoms with Gasteiger partial charge < -0.3 is 10.2 Å². The van der Waals surface area contributed by atoms with Gasteiger partial charge in [-0.05, 0) is 37.1 Å². The molecule has 0 bridgehead atoms. The second-order valence-corrected chi connectivity index (χ2v) is 9.14. The van der Waals surface area contributed by atoms with Gasteiger partial charge in [-0.2, -0.15) is 0 Å². The first-order chi connectivity index (χ1) is 16.9. The van der Waals surface area contributed by atoms with Gasteiger partial charge in [0, 0.05) is 24.0 Å². The lowest BCUT2D eigenvalue weighted by molar-refractivity contribution is -0.131. The zero-order valence-electron chi connectivity index (χ0n) is 19.9. The third-order valence-electron chi connectivity index (χ3n) is 5.56. The molecule has 0 aliphatic rings. The minimum absolute atomic E-state index is 0.0339. The molecule has 0 fully saturated rings. The van der Waals surface area contributed by atoms with Crippen molar-refractivity contribution in [3.05, 3.63) is 90.0 Å². The largest absolute Gasteiger partial charge is 0.336 e. The fraction of sp³-hybridized carbons (Fsp3) is 0.185. The quantitative estimate of drug-likeness (QED) is 0.365. The minimum Gasteiger partial charge on any atom is -0.336 e. The van der Waals surface area contributed by atoms with E-state index in [1.807, 2.05) is 97.3 Å². The summed E-state index contributed by atoms with van der Waals surface area (Å²) in [6.45, 7) is 3.86. The van der Waals surface area contributed by atoms with Crippen molar-refractivity contribution >= 4 is 29.3 Å². The minimum atomic E-state index is -0.234. The highest BCUT2D eigenvalue weighted by atomic mass is 32.2. The lowest BCUT2D eigenvalue weighted by Crippen LogP contribution is -2.36. The van der Waals surface area contributed by atoms with Crippen molar-refractivity contribution in [2.75, 3.05) is 24.7 Å². The highest BCUT2D eigenvalue weighted by Crippen LogP contribution is 2.28. The molecule has 1 heterocycles. The summed E-state index contributed by atoms with van der Waals surface area (Å²) in [6, 6.07) is 25.5. The molecule has 0 unspecified atom stereocenters. The normalized spacial score (nSPS) is 10.7. The van der Waals surface area contributed by atoms with E-state index in [2.05, 4.69) is 15.5 Å². The first-order valence-corrected chi connectivity index (χ1v) is 12.2. The maximum absolute atomic E-state index is 12.8. The number of hydrogen-bond acceptors (Lipinski definition) is 5. The lowest BCUT2D eigenvalue weighted by Gasteiger charge is -2.18. The lowest BCUT2D eigenvalue weighted by atomic mass is 10.1. The molecule has 0 spiro atoms. The first-order valence-electron chi connectivity index (χ1n) is 11.2. The molecule has 4 rings (SSSR count). The van der Waals surface area contributed by atoms with Crippen LogP contribution in [0.1, 0.15) is 11.1 Å². The number of nitrogens with zero attached hydrogens (tertiary/aromatic N) is 4. The Labute approximate surface area is 209 Å². The van der Waals surface area contributed by atoms with Crippen LogP contribution in [0, 0.1) is 13.8 Å². The predicted octanol–water partition coefficient (Wildman–Crippen LogP) is 4.74. The molecule has 1 aromatic heterocycles. The van der Waals surface area contributed by atoms with Gasteiger partial charge in [-0.15, -0.1) is 10.2 Å². The van der Waals surface area contributed by atoms with E-state index in [0.29, 0.717) is 11.0 Å². The molecule has 3 aromatic carbocycles. The van der Waals surface area contributed by atoms with E-state index in [1.54, 1.807) is 7.05 Å². The van der Waals surface area contributed by atoms with Gasteiger partial charge in [-0.3, -0.25) is 14.2 Å². The molecule has 7 nitrogen and oxygen atoms in total. The van der Waals surface area contributed by atoms with Crippen LogP contribution in [0.15, 0.2) is 84.0 Å². The maximum Gasteiger partial charge on any atom is 0.243 e. The van der Waals surface area contributed by atoms with Crippen LogP contribution in [0.4, 0.5) is 5.69 Å². The summed E-state index contributed by atoms with van der Waals surface area (Å²) < 4.78 is 1.95. The number of aromatic nitrogens is 3. The smallest absolute Gasteiger partial charge is 0.243 e. The molecule has 0 saturated carbocycles. The van der Waals surface area contributed by atoms with Crippen molar-refractivity contribution < 1.29 is 9.59 Å². The van der Waals surface area contributed by atoms with Gasteiger partial charge in [0.15, 0.2) is 11.0 Å². The Morgan fingerprint density at radius 3 is 2.17 bits per heavy atom. The van der Waals surface area contributed by atoms with E-state index in [9.17, 15) is 9.59 Å². The summed E-state index contributed by atoms with van der Waals surface area (Å²) in [5, 5.41) is 12.3. The van der Waals surface area contributed by atoms with Crippen molar-refractivity contribution in [3.63, 3.8) is 0 Å². The molecule has 0 atom stereocenters. The van der Waals surface area contributed by atoms with Gasteiger partial charge in [0.25, 0.3) is 0 Å². The predicted molar refractivity (Wildman–Crippen MR) is 140 cm³/mol. The number of hydrogen-bond donors (Lipinski definition) is 1. The summed E-state index contributed by atoms with van der Waals surface area (Å²) >= 11 is 1.30. The highest BCUT2D eigenvalue weighted by molar-refractivity contribution is 7.99. The molecule has 0 aliphatic carbocycles. The Bertz CT molecular complexity index is 1300. The zero-order chi connectivity index (χ0) is 24.8. The molecule has 4 aromatic rings. The van der Waals surface area contributed by atoms with E-state index in [1.165, 1.54) is 16.7 Å². The number of anilines is 1. The van der Waals surface area contributed by atoms with Crippen LogP contribution in [0.25, 0.3) is 17.1 Å². The first kappa shape index (κ1) is 24.2. The number of carbonyl (C=O) groups is 2. The van der Waals surface area contributed by atoms with Crippen LogP contribution < -0.4 is 5.32 Å². The van der Waals surface area contributed by atoms with Gasteiger partial charge >= 0.3 is 0 Å². The zero-order valence-corrected chi connectivity index (χ0v) is 20.7. The average molecular weight is 486 g/mol. The molecule has 35 heavy (non-hydrogen) atoms. The summed E-state index contributed by atoms with van der Waals surface area (Å²) in [7, 11) is 1.63. The molecule has 0 saturated heterocycles. The third kappa shape index (κ3) is 5.78. The molecule has 0 aliphatic heterocycles. The second kappa shape index (κ2) is 11.0. The highest BCUT2D eigenvalue weighted by Gasteiger charge is 2.19. The average Bonchev–Trinajstić information content (AvgIpc) is 3.30. The molecule has 2 amide bonds. The summed E-state index contributed by atoms with van der Waals surface area (Å²) in [5.74, 6) is 0.429. The second-order valence-electron chi connectivity index (χ2n) is 8.20. The van der Waals surface area contributed by atoms with Crippen molar-refractivity contribution in [3.8, 4) is 17.1 Å². The van der Waals surface area contributed by atoms with E-state index in [0.717, 1.165) is 28.1 Å². The molecular weight excluding hydrogens is 458 g/mol. The van der Waals surface area contributed by atoms with E-state index in [4.69, 9.17) is 0 Å². The number of rotatable bonds is 8. The Hall–Kier alpha value is -3.91. The molecule has 1 N–H and O–H groups in total. The molecule has 178 valence electrons. The third-order valence-corrected chi connectivity index (χ3v) is 6.47. The van der Waals surface area contributed by atoms with Crippen LogP contribution in [0.5, 0.6) is 0 Å². The number of nitrogens with one attached hydrogen (secondary N) is 1. The van der Waals surface area contributed by atoms with Gasteiger partial charge in [0.1, 0.15) is 0 Å². The number of amides is 2. The topological polar surface area (TPSA) is 80.1 Å². The van der Waals surface area contributed by atoms with Crippen molar-refractivity contribution in [2.24, 2.45) is 0 Å². The number of para-hydroxylation sites is 2. The van der Waals surface area contributed by atoms with E-state index < -0.39 is 0 Å². The summed E-state index contributed by atoms with van der Waals surface area (Å²) in [4.78, 5) is 26.8. The Morgan fingerprint density at radius 1 is 0.886 bits per heavy atom. The molecular formula is C27H27N5O2S. The van der Waals surface area contributed by atoms with Crippen LogP contribution in [-0.4, -0.2) is 50.8 Å². The molecule has 8 heteroatoms. The van der Waals surface area contributed by atoms with E-state index in [-0.39, 0.29) is 24.1 Å². The van der Waals surface area contributed by atoms with Crippen LogP contribution >= 0.6 is 11.8 Å². The summed E-state index contributed by atoms with van der Waals surface area (Å²) in [6.07, 6.45) is 0. The van der Waals surface area contributed by atoms with Crippen LogP contribution in [0.2, 0.25) is 0 Å².